The van der Waals surface area contributed by atoms with Gasteiger partial charge in [0.2, 0.25) is 0 Å². The number of nitrogen functional groups attached to an aromatic ring is 1. The predicted octanol–water partition coefficient (Wildman–Crippen LogP) is 4.57. The third kappa shape index (κ3) is 3.57. The molecule has 0 saturated heterocycles. The molecule has 0 spiro atoms. The summed E-state index contributed by atoms with van der Waals surface area (Å²) in [6.07, 6.45) is 5.48. The number of anilines is 1. The highest BCUT2D eigenvalue weighted by Gasteiger charge is 2.15. The van der Waals surface area contributed by atoms with Gasteiger partial charge >= 0.3 is 0 Å². The first-order valence-corrected chi connectivity index (χ1v) is 9.70. The Hall–Kier alpha value is -3.12. The first kappa shape index (κ1) is 17.3. The van der Waals surface area contributed by atoms with Gasteiger partial charge in [-0.1, -0.05) is 30.3 Å². The predicted molar refractivity (Wildman–Crippen MR) is 110 cm³/mol. The molecule has 6 heteroatoms. The molecule has 2 heterocycles. The fraction of sp³-hybridized carbons (Fsp3) is 0.0952. The molecule has 0 bridgehead atoms. The van der Waals surface area contributed by atoms with E-state index in [4.69, 9.17) is 10.5 Å². The van der Waals surface area contributed by atoms with Crippen LogP contribution in [0.3, 0.4) is 0 Å². The number of nitrogens with two attached hydrogens (primary N) is 1. The van der Waals surface area contributed by atoms with Crippen molar-refractivity contribution < 1.29 is 4.74 Å². The third-order valence-corrected chi connectivity index (χ3v) is 5.02. The van der Waals surface area contributed by atoms with Gasteiger partial charge in [0.25, 0.3) is 0 Å². The Balaban J connectivity index is 1.80. The molecule has 2 aromatic carbocycles. The largest absolute Gasteiger partial charge is 0.488 e. The molecule has 0 aliphatic carbocycles. The van der Waals surface area contributed by atoms with Gasteiger partial charge in [-0.2, -0.15) is 0 Å². The van der Waals surface area contributed by atoms with E-state index in [-0.39, 0.29) is 0 Å². The lowest BCUT2D eigenvalue weighted by Gasteiger charge is -2.14. The molecular formula is C21H18N4OS. The lowest BCUT2D eigenvalue weighted by Crippen LogP contribution is -2.01. The second kappa shape index (κ2) is 7.63. The zero-order valence-corrected chi connectivity index (χ0v) is 15.6. The molecule has 5 nitrogen and oxygen atoms in total. The lowest BCUT2D eigenvalue weighted by atomic mass is 10.1. The molecule has 0 saturated carbocycles. The molecule has 0 radical (unpaired) electrons. The minimum Gasteiger partial charge on any atom is -0.488 e. The Kier molecular flexibility index (Phi) is 4.89. The Morgan fingerprint density at radius 1 is 1.00 bits per heavy atom. The van der Waals surface area contributed by atoms with Crippen molar-refractivity contribution >= 4 is 28.4 Å². The van der Waals surface area contributed by atoms with Crippen molar-refractivity contribution in [3.05, 3.63) is 72.6 Å². The fourth-order valence-corrected chi connectivity index (χ4v) is 3.32. The number of pyridine rings is 1. The number of aromatic nitrogens is 3. The van der Waals surface area contributed by atoms with Gasteiger partial charge in [0, 0.05) is 33.6 Å². The number of ether oxygens (including phenoxy) is 1. The molecule has 2 N–H and O–H groups in total. The number of fused-ring (bicyclic) bond motifs is 1. The van der Waals surface area contributed by atoms with Crippen molar-refractivity contribution in [2.24, 2.45) is 0 Å². The van der Waals surface area contributed by atoms with Crippen LogP contribution in [-0.4, -0.2) is 21.4 Å². The SMILES string of the molecule is CSc1ccc(-c2nnc(N)c3cnccc23)c(OCc2ccccc2)c1. The van der Waals surface area contributed by atoms with Crippen LogP contribution in [0, 0.1) is 0 Å². The zero-order valence-electron chi connectivity index (χ0n) is 14.8. The maximum absolute atomic E-state index is 6.17. The molecule has 0 unspecified atom stereocenters. The van der Waals surface area contributed by atoms with Crippen LogP contribution < -0.4 is 10.5 Å². The van der Waals surface area contributed by atoms with Crippen LogP contribution in [0.4, 0.5) is 5.82 Å². The minimum atomic E-state index is 0.370. The summed E-state index contributed by atoms with van der Waals surface area (Å²) in [5, 5.41) is 10.2. The summed E-state index contributed by atoms with van der Waals surface area (Å²) in [6.45, 7) is 0.480. The number of hydrogen-bond acceptors (Lipinski definition) is 6. The molecule has 0 fully saturated rings. The fourth-order valence-electron chi connectivity index (χ4n) is 2.90. The summed E-state index contributed by atoms with van der Waals surface area (Å²) >= 11 is 1.67. The monoisotopic (exact) mass is 374 g/mol. The first-order valence-electron chi connectivity index (χ1n) is 8.47. The number of thioether (sulfide) groups is 1. The van der Waals surface area contributed by atoms with E-state index in [2.05, 4.69) is 21.2 Å². The lowest BCUT2D eigenvalue weighted by molar-refractivity contribution is 0.307. The van der Waals surface area contributed by atoms with E-state index in [1.54, 1.807) is 24.2 Å². The second-order valence-corrected chi connectivity index (χ2v) is 6.87. The number of rotatable bonds is 5. The van der Waals surface area contributed by atoms with Crippen LogP contribution >= 0.6 is 11.8 Å². The summed E-state index contributed by atoms with van der Waals surface area (Å²) in [5.74, 6) is 1.14. The van der Waals surface area contributed by atoms with Gasteiger partial charge in [-0.3, -0.25) is 4.98 Å². The Morgan fingerprint density at radius 2 is 1.85 bits per heavy atom. The van der Waals surface area contributed by atoms with Crippen molar-refractivity contribution in [2.75, 3.05) is 12.0 Å². The molecule has 0 atom stereocenters. The summed E-state index contributed by atoms with van der Waals surface area (Å²) in [5.41, 5.74) is 8.70. The van der Waals surface area contributed by atoms with E-state index in [1.807, 2.05) is 54.8 Å². The van der Waals surface area contributed by atoms with E-state index in [0.29, 0.717) is 12.4 Å². The third-order valence-electron chi connectivity index (χ3n) is 4.29. The molecule has 0 aliphatic rings. The van der Waals surface area contributed by atoms with Crippen molar-refractivity contribution in [3.8, 4) is 17.0 Å². The Bertz CT molecular complexity index is 1090. The highest BCUT2D eigenvalue weighted by atomic mass is 32.2. The molecular weight excluding hydrogens is 356 g/mol. The van der Waals surface area contributed by atoms with Gasteiger partial charge in [0.15, 0.2) is 5.82 Å². The van der Waals surface area contributed by atoms with Gasteiger partial charge in [-0.15, -0.1) is 22.0 Å². The van der Waals surface area contributed by atoms with Crippen LogP contribution in [0.2, 0.25) is 0 Å². The Morgan fingerprint density at radius 3 is 2.67 bits per heavy atom. The average Bonchev–Trinajstić information content (AvgIpc) is 2.73. The van der Waals surface area contributed by atoms with Crippen LogP contribution in [-0.2, 0) is 6.61 Å². The summed E-state index contributed by atoms with van der Waals surface area (Å²) < 4.78 is 6.17. The smallest absolute Gasteiger partial charge is 0.155 e. The average molecular weight is 374 g/mol. The number of hydrogen-bond donors (Lipinski definition) is 1. The summed E-state index contributed by atoms with van der Waals surface area (Å²) in [6, 6.07) is 18.1. The number of nitrogens with zero attached hydrogens (tertiary/aromatic N) is 3. The van der Waals surface area contributed by atoms with Crippen LogP contribution in [0.15, 0.2) is 71.9 Å². The molecule has 27 heavy (non-hydrogen) atoms. The highest BCUT2D eigenvalue weighted by Crippen LogP contribution is 2.36. The van der Waals surface area contributed by atoms with Gasteiger partial charge in [0.1, 0.15) is 18.1 Å². The topological polar surface area (TPSA) is 73.9 Å². The highest BCUT2D eigenvalue weighted by molar-refractivity contribution is 7.98. The molecule has 2 aromatic heterocycles. The van der Waals surface area contributed by atoms with Crippen LogP contribution in [0.5, 0.6) is 5.75 Å². The van der Waals surface area contributed by atoms with E-state index in [9.17, 15) is 0 Å². The van der Waals surface area contributed by atoms with Crippen molar-refractivity contribution in [2.45, 2.75) is 11.5 Å². The summed E-state index contributed by atoms with van der Waals surface area (Å²) in [4.78, 5) is 5.27. The van der Waals surface area contributed by atoms with Crippen LogP contribution in [0.1, 0.15) is 5.56 Å². The molecule has 4 aromatic rings. The minimum absolute atomic E-state index is 0.370. The molecule has 4 rings (SSSR count). The van der Waals surface area contributed by atoms with Gasteiger partial charge in [-0.25, -0.2) is 0 Å². The van der Waals surface area contributed by atoms with Crippen molar-refractivity contribution in [1.29, 1.82) is 0 Å². The van der Waals surface area contributed by atoms with Gasteiger partial charge < -0.3 is 10.5 Å². The maximum atomic E-state index is 6.17. The van der Waals surface area contributed by atoms with E-state index in [1.165, 1.54) is 0 Å². The maximum Gasteiger partial charge on any atom is 0.155 e. The van der Waals surface area contributed by atoms with Gasteiger partial charge in [0.05, 0.1) is 0 Å². The van der Waals surface area contributed by atoms with E-state index < -0.39 is 0 Å². The quantitative estimate of drug-likeness (QED) is 0.516. The van der Waals surface area contributed by atoms with Crippen LogP contribution in [0.25, 0.3) is 22.0 Å². The normalized spacial score (nSPS) is 10.9. The molecule has 0 aliphatic heterocycles. The second-order valence-electron chi connectivity index (χ2n) is 5.99. The summed E-state index contributed by atoms with van der Waals surface area (Å²) in [7, 11) is 0. The first-order chi connectivity index (χ1) is 13.3. The van der Waals surface area contributed by atoms with E-state index >= 15 is 0 Å². The zero-order chi connectivity index (χ0) is 18.6. The number of benzene rings is 2. The van der Waals surface area contributed by atoms with E-state index in [0.717, 1.165) is 38.2 Å². The van der Waals surface area contributed by atoms with Crippen molar-refractivity contribution in [1.82, 2.24) is 15.2 Å². The van der Waals surface area contributed by atoms with Gasteiger partial charge in [-0.05, 0) is 36.1 Å². The molecule has 134 valence electrons. The van der Waals surface area contributed by atoms with Crippen molar-refractivity contribution in [3.63, 3.8) is 0 Å². The standard InChI is InChI=1S/C21H18N4OS/c1-27-15-7-8-17(19(11-15)26-13-14-5-3-2-4-6-14)20-16-9-10-23-12-18(16)21(22)25-24-20/h2-12H,13H2,1H3,(H2,22,25). The Labute approximate surface area is 161 Å². The molecule has 0 amide bonds.